The first kappa shape index (κ1) is 14.4. The summed E-state index contributed by atoms with van der Waals surface area (Å²) >= 11 is 0. The van der Waals surface area contributed by atoms with Gasteiger partial charge in [-0.25, -0.2) is 8.78 Å². The molecule has 1 aromatic rings. The minimum Gasteiger partial charge on any atom is -0.316 e. The van der Waals surface area contributed by atoms with Crippen LogP contribution in [0.25, 0.3) is 0 Å². The maximum absolute atomic E-state index is 13.7. The molecule has 1 aliphatic rings. The molecule has 0 spiro atoms. The van der Waals surface area contributed by atoms with Crippen LogP contribution in [0.4, 0.5) is 8.78 Å². The van der Waals surface area contributed by atoms with Gasteiger partial charge in [-0.1, -0.05) is 33.8 Å². The second-order valence-corrected chi connectivity index (χ2v) is 6.72. The number of rotatable bonds is 4. The highest BCUT2D eigenvalue weighted by Crippen LogP contribution is 2.69. The smallest absolute Gasteiger partial charge is 0.129 e. The summed E-state index contributed by atoms with van der Waals surface area (Å²) in [6.45, 7) is 8.89. The van der Waals surface area contributed by atoms with Crippen LogP contribution >= 0.6 is 0 Å². The highest BCUT2D eigenvalue weighted by molar-refractivity contribution is 5.24. The molecular weight excluding hydrogens is 244 g/mol. The van der Waals surface area contributed by atoms with Crippen LogP contribution in [0, 0.1) is 28.4 Å². The quantitative estimate of drug-likeness (QED) is 0.875. The number of benzene rings is 1. The number of hydrogen-bond acceptors (Lipinski definition) is 1. The van der Waals surface area contributed by atoms with Gasteiger partial charge in [0.1, 0.15) is 11.6 Å². The second kappa shape index (κ2) is 4.55. The molecule has 1 N–H and O–H groups in total. The lowest BCUT2D eigenvalue weighted by molar-refractivity contribution is 0.407. The molecule has 1 saturated carbocycles. The predicted octanol–water partition coefficient (Wildman–Crippen LogP) is 3.78. The lowest BCUT2D eigenvalue weighted by Crippen LogP contribution is -2.33. The topological polar surface area (TPSA) is 12.0 Å². The molecule has 1 aromatic carbocycles. The Hall–Kier alpha value is -0.960. The second-order valence-electron chi connectivity index (χ2n) is 6.72. The van der Waals surface area contributed by atoms with Crippen molar-refractivity contribution < 1.29 is 8.78 Å². The minimum atomic E-state index is -0.448. The Kier molecular flexibility index (Phi) is 3.46. The van der Waals surface area contributed by atoms with Crippen molar-refractivity contribution in [3.63, 3.8) is 0 Å². The van der Waals surface area contributed by atoms with E-state index in [4.69, 9.17) is 0 Å². The van der Waals surface area contributed by atoms with Gasteiger partial charge in [0.25, 0.3) is 0 Å². The Labute approximate surface area is 114 Å². The SMILES string of the molecule is CNC(Cc1c(F)cccc1F)C1C(C)(C)C1(C)C. The molecule has 0 aliphatic heterocycles. The molecule has 19 heavy (non-hydrogen) atoms. The van der Waals surface area contributed by atoms with E-state index in [1.165, 1.54) is 18.2 Å². The summed E-state index contributed by atoms with van der Waals surface area (Å²) < 4.78 is 27.5. The predicted molar refractivity (Wildman–Crippen MR) is 74.0 cm³/mol. The van der Waals surface area contributed by atoms with Gasteiger partial charge >= 0.3 is 0 Å². The lowest BCUT2D eigenvalue weighted by atomic mass is 9.96. The molecule has 2 rings (SSSR count). The minimum absolute atomic E-state index is 0.0939. The molecule has 0 heterocycles. The molecule has 1 fully saturated rings. The van der Waals surface area contributed by atoms with E-state index >= 15 is 0 Å². The normalized spacial score (nSPS) is 22.3. The fraction of sp³-hybridized carbons (Fsp3) is 0.625. The third-order valence-electron chi connectivity index (χ3n) is 5.39. The van der Waals surface area contributed by atoms with Crippen molar-refractivity contribution in [1.29, 1.82) is 0 Å². The zero-order valence-electron chi connectivity index (χ0n) is 12.3. The van der Waals surface area contributed by atoms with Gasteiger partial charge in [-0.2, -0.15) is 0 Å². The molecule has 0 saturated heterocycles. The third kappa shape index (κ3) is 2.18. The van der Waals surface area contributed by atoms with Gasteiger partial charge in [-0.15, -0.1) is 0 Å². The highest BCUT2D eigenvalue weighted by Gasteiger charge is 2.66. The highest BCUT2D eigenvalue weighted by atomic mass is 19.1. The van der Waals surface area contributed by atoms with Crippen molar-refractivity contribution in [2.75, 3.05) is 7.05 Å². The van der Waals surface area contributed by atoms with Crippen molar-refractivity contribution in [1.82, 2.24) is 5.32 Å². The van der Waals surface area contributed by atoms with E-state index in [0.717, 1.165) is 0 Å². The van der Waals surface area contributed by atoms with E-state index < -0.39 is 11.6 Å². The van der Waals surface area contributed by atoms with E-state index in [2.05, 4.69) is 33.0 Å². The van der Waals surface area contributed by atoms with Crippen molar-refractivity contribution in [3.8, 4) is 0 Å². The summed E-state index contributed by atoms with van der Waals surface area (Å²) in [5.41, 5.74) is 0.588. The third-order valence-corrected chi connectivity index (χ3v) is 5.39. The first-order chi connectivity index (χ1) is 8.73. The molecule has 1 nitrogen and oxygen atoms in total. The summed E-state index contributed by atoms with van der Waals surface area (Å²) in [4.78, 5) is 0. The van der Waals surface area contributed by atoms with Gasteiger partial charge in [-0.3, -0.25) is 0 Å². The van der Waals surface area contributed by atoms with Crippen LogP contribution < -0.4 is 5.32 Å². The maximum atomic E-state index is 13.7. The van der Waals surface area contributed by atoms with Crippen molar-refractivity contribution in [2.24, 2.45) is 16.7 Å². The van der Waals surface area contributed by atoms with Crippen LogP contribution in [-0.2, 0) is 6.42 Å². The van der Waals surface area contributed by atoms with Crippen LogP contribution in [0.1, 0.15) is 33.3 Å². The molecule has 0 aromatic heterocycles. The number of halogens is 2. The van der Waals surface area contributed by atoms with E-state index in [1.54, 1.807) is 0 Å². The van der Waals surface area contributed by atoms with Crippen LogP contribution in [0.5, 0.6) is 0 Å². The van der Waals surface area contributed by atoms with E-state index in [0.29, 0.717) is 12.3 Å². The number of hydrogen-bond donors (Lipinski definition) is 1. The van der Waals surface area contributed by atoms with Crippen molar-refractivity contribution in [3.05, 3.63) is 35.4 Å². The van der Waals surface area contributed by atoms with Crippen LogP contribution in [0.3, 0.4) is 0 Å². The standard InChI is InChI=1S/C16H23F2N/c1-15(2)14(16(15,3)4)13(19-5)9-10-11(17)7-6-8-12(10)18/h6-8,13-14,19H,9H2,1-5H3. The molecule has 0 radical (unpaired) electrons. The van der Waals surface area contributed by atoms with Gasteiger partial charge in [0.2, 0.25) is 0 Å². The zero-order chi connectivity index (χ0) is 14.4. The van der Waals surface area contributed by atoms with E-state index in [9.17, 15) is 8.78 Å². The summed E-state index contributed by atoms with van der Waals surface area (Å²) in [7, 11) is 1.87. The summed E-state index contributed by atoms with van der Waals surface area (Å²) in [5, 5.41) is 3.24. The molecule has 1 atom stereocenters. The Morgan fingerprint density at radius 2 is 1.58 bits per heavy atom. The fourth-order valence-corrected chi connectivity index (χ4v) is 3.59. The zero-order valence-corrected chi connectivity index (χ0v) is 12.3. The first-order valence-electron chi connectivity index (χ1n) is 6.83. The Balaban J connectivity index is 2.22. The van der Waals surface area contributed by atoms with Crippen LogP contribution in [0.15, 0.2) is 18.2 Å². The van der Waals surface area contributed by atoms with E-state index in [-0.39, 0.29) is 22.4 Å². The van der Waals surface area contributed by atoms with Gasteiger partial charge in [0, 0.05) is 11.6 Å². The summed E-state index contributed by atoms with van der Waals surface area (Å²) in [6, 6.07) is 4.16. The Morgan fingerprint density at radius 1 is 1.11 bits per heavy atom. The molecule has 1 aliphatic carbocycles. The van der Waals surface area contributed by atoms with Gasteiger partial charge < -0.3 is 5.32 Å². The fourth-order valence-electron chi connectivity index (χ4n) is 3.59. The monoisotopic (exact) mass is 267 g/mol. The molecule has 3 heteroatoms. The average Bonchev–Trinajstić information content (AvgIpc) is 2.71. The first-order valence-corrected chi connectivity index (χ1v) is 6.83. The summed E-state index contributed by atoms with van der Waals surface area (Å²) in [5.74, 6) is -0.475. The van der Waals surface area contributed by atoms with E-state index in [1.807, 2.05) is 7.05 Å². The molecule has 1 unspecified atom stereocenters. The van der Waals surface area contributed by atoms with Crippen LogP contribution in [-0.4, -0.2) is 13.1 Å². The Morgan fingerprint density at radius 3 is 1.95 bits per heavy atom. The van der Waals surface area contributed by atoms with Gasteiger partial charge in [0.05, 0.1) is 0 Å². The van der Waals surface area contributed by atoms with Gasteiger partial charge in [-0.05, 0) is 42.3 Å². The molecule has 106 valence electrons. The average molecular weight is 267 g/mol. The maximum Gasteiger partial charge on any atom is 0.129 e. The van der Waals surface area contributed by atoms with Crippen molar-refractivity contribution in [2.45, 2.75) is 40.2 Å². The molecular formula is C16H23F2N. The lowest BCUT2D eigenvalue weighted by Gasteiger charge is -2.19. The van der Waals surface area contributed by atoms with Gasteiger partial charge in [0.15, 0.2) is 0 Å². The number of likely N-dealkylation sites (N-methyl/N-ethyl adjacent to an activating group) is 1. The molecule has 0 amide bonds. The molecule has 0 bridgehead atoms. The van der Waals surface area contributed by atoms with Crippen molar-refractivity contribution >= 4 is 0 Å². The largest absolute Gasteiger partial charge is 0.316 e. The van der Waals surface area contributed by atoms with Crippen LogP contribution in [0.2, 0.25) is 0 Å². The Bertz CT molecular complexity index is 445. The number of nitrogens with one attached hydrogen (secondary N) is 1. The summed E-state index contributed by atoms with van der Waals surface area (Å²) in [6.07, 6.45) is 0.395.